The topological polar surface area (TPSA) is 21.3 Å². The minimum absolute atomic E-state index is 0.160. The first-order chi connectivity index (χ1) is 9.36. The summed E-state index contributed by atoms with van der Waals surface area (Å²) in [6, 6.07) is 7.00. The van der Waals surface area contributed by atoms with Crippen molar-refractivity contribution in [3.05, 3.63) is 28.2 Å². The molecule has 0 radical (unpaired) electrons. The first kappa shape index (κ1) is 17.5. The van der Waals surface area contributed by atoms with Gasteiger partial charge in [-0.05, 0) is 58.4 Å². The summed E-state index contributed by atoms with van der Waals surface area (Å²) in [5, 5.41) is 3.49. The molecule has 0 spiro atoms. The van der Waals surface area contributed by atoms with Crippen LogP contribution in [0, 0.1) is 0 Å². The molecule has 1 aromatic carbocycles. The minimum atomic E-state index is 0.160. The molecule has 1 rings (SSSR count). The van der Waals surface area contributed by atoms with Crippen LogP contribution in [0.2, 0.25) is 0 Å². The Morgan fingerprint density at radius 3 is 2.55 bits per heavy atom. The lowest BCUT2D eigenvalue weighted by molar-refractivity contribution is 0.315. The van der Waals surface area contributed by atoms with Crippen LogP contribution >= 0.6 is 15.9 Å². The summed E-state index contributed by atoms with van der Waals surface area (Å²) >= 11 is 3.62. The monoisotopic (exact) mass is 341 g/mol. The lowest BCUT2D eigenvalue weighted by Crippen LogP contribution is -2.29. The van der Waals surface area contributed by atoms with Crippen LogP contribution in [0.25, 0.3) is 0 Å². The van der Waals surface area contributed by atoms with Crippen molar-refractivity contribution in [1.29, 1.82) is 0 Å². The standard InChI is InChI=1S/C17H28BrNO/c1-6-11-20-16-8-7-14(12-15(16)18)17(4,5)9-10-19-13(2)3/h7-8,12-13,19H,6,9-11H2,1-5H3. The Labute approximate surface area is 132 Å². The molecule has 0 bridgehead atoms. The summed E-state index contributed by atoms with van der Waals surface area (Å²) in [6.07, 6.45) is 2.15. The maximum Gasteiger partial charge on any atom is 0.133 e. The summed E-state index contributed by atoms with van der Waals surface area (Å²) in [7, 11) is 0. The lowest BCUT2D eigenvalue weighted by atomic mass is 9.81. The summed E-state index contributed by atoms with van der Waals surface area (Å²) in [5.41, 5.74) is 1.51. The maximum absolute atomic E-state index is 5.71. The van der Waals surface area contributed by atoms with Crippen molar-refractivity contribution in [3.63, 3.8) is 0 Å². The van der Waals surface area contributed by atoms with Gasteiger partial charge in [-0.3, -0.25) is 0 Å². The van der Waals surface area contributed by atoms with Crippen molar-refractivity contribution in [2.24, 2.45) is 0 Å². The van der Waals surface area contributed by atoms with E-state index in [9.17, 15) is 0 Å². The highest BCUT2D eigenvalue weighted by molar-refractivity contribution is 9.10. The number of hydrogen-bond acceptors (Lipinski definition) is 2. The van der Waals surface area contributed by atoms with E-state index in [0.29, 0.717) is 6.04 Å². The third-order valence-electron chi connectivity index (χ3n) is 3.48. The lowest BCUT2D eigenvalue weighted by Gasteiger charge is -2.26. The molecular weight excluding hydrogens is 314 g/mol. The van der Waals surface area contributed by atoms with E-state index in [0.717, 1.165) is 36.2 Å². The van der Waals surface area contributed by atoms with Gasteiger partial charge >= 0.3 is 0 Å². The Balaban J connectivity index is 2.72. The molecule has 0 aliphatic carbocycles. The van der Waals surface area contributed by atoms with Gasteiger partial charge in [-0.2, -0.15) is 0 Å². The Morgan fingerprint density at radius 2 is 2.00 bits per heavy atom. The molecule has 0 aliphatic rings. The third-order valence-corrected chi connectivity index (χ3v) is 4.10. The molecule has 0 amide bonds. The van der Waals surface area contributed by atoms with E-state index in [2.05, 4.69) is 74.1 Å². The van der Waals surface area contributed by atoms with E-state index >= 15 is 0 Å². The molecule has 3 heteroatoms. The fraction of sp³-hybridized carbons (Fsp3) is 0.647. The Kier molecular flexibility index (Phi) is 7.04. The van der Waals surface area contributed by atoms with Gasteiger partial charge in [0.25, 0.3) is 0 Å². The second-order valence-electron chi connectivity index (χ2n) is 6.24. The smallest absolute Gasteiger partial charge is 0.133 e. The molecular formula is C17H28BrNO. The number of ether oxygens (including phenoxy) is 1. The van der Waals surface area contributed by atoms with Crippen LogP contribution in [0.4, 0.5) is 0 Å². The van der Waals surface area contributed by atoms with Crippen LogP contribution in [0.5, 0.6) is 5.75 Å². The molecule has 0 aromatic heterocycles. The van der Waals surface area contributed by atoms with Gasteiger partial charge in [-0.15, -0.1) is 0 Å². The zero-order valence-corrected chi connectivity index (χ0v) is 15.0. The average molecular weight is 342 g/mol. The van der Waals surface area contributed by atoms with Crippen LogP contribution in [0.15, 0.2) is 22.7 Å². The second-order valence-corrected chi connectivity index (χ2v) is 7.09. The first-order valence-electron chi connectivity index (χ1n) is 7.53. The molecule has 0 unspecified atom stereocenters. The molecule has 0 saturated carbocycles. The van der Waals surface area contributed by atoms with Gasteiger partial charge in [-0.1, -0.05) is 40.7 Å². The summed E-state index contributed by atoms with van der Waals surface area (Å²) < 4.78 is 6.76. The Bertz CT molecular complexity index is 415. The van der Waals surface area contributed by atoms with Crippen molar-refractivity contribution >= 4 is 15.9 Å². The van der Waals surface area contributed by atoms with Gasteiger partial charge in [0.15, 0.2) is 0 Å². The van der Waals surface area contributed by atoms with Gasteiger partial charge in [0, 0.05) is 6.04 Å². The molecule has 0 heterocycles. The van der Waals surface area contributed by atoms with E-state index in [-0.39, 0.29) is 5.41 Å². The quantitative estimate of drug-likeness (QED) is 0.725. The molecule has 2 nitrogen and oxygen atoms in total. The van der Waals surface area contributed by atoms with Crippen molar-refractivity contribution < 1.29 is 4.74 Å². The molecule has 1 N–H and O–H groups in total. The first-order valence-corrected chi connectivity index (χ1v) is 8.32. The average Bonchev–Trinajstić information content (AvgIpc) is 2.36. The van der Waals surface area contributed by atoms with Crippen LogP contribution in [0.3, 0.4) is 0 Å². The zero-order chi connectivity index (χ0) is 15.2. The normalized spacial score (nSPS) is 11.9. The molecule has 0 fully saturated rings. The number of rotatable bonds is 8. The highest BCUT2D eigenvalue weighted by Crippen LogP contribution is 2.33. The number of hydrogen-bond donors (Lipinski definition) is 1. The molecule has 0 saturated heterocycles. The van der Waals surface area contributed by atoms with Crippen molar-refractivity contribution in [3.8, 4) is 5.75 Å². The van der Waals surface area contributed by atoms with Gasteiger partial charge in [0.2, 0.25) is 0 Å². The fourth-order valence-electron chi connectivity index (χ4n) is 2.07. The molecule has 1 aromatic rings. The summed E-state index contributed by atoms with van der Waals surface area (Å²) in [6.45, 7) is 12.9. The molecule has 20 heavy (non-hydrogen) atoms. The highest BCUT2D eigenvalue weighted by atomic mass is 79.9. The van der Waals surface area contributed by atoms with Crippen LogP contribution in [-0.2, 0) is 5.41 Å². The van der Waals surface area contributed by atoms with E-state index in [4.69, 9.17) is 4.74 Å². The summed E-state index contributed by atoms with van der Waals surface area (Å²) in [5.74, 6) is 0.937. The zero-order valence-electron chi connectivity index (χ0n) is 13.4. The van der Waals surface area contributed by atoms with Crippen molar-refractivity contribution in [2.75, 3.05) is 13.2 Å². The van der Waals surface area contributed by atoms with Gasteiger partial charge in [0.05, 0.1) is 11.1 Å². The van der Waals surface area contributed by atoms with Crippen LogP contribution < -0.4 is 10.1 Å². The second kappa shape index (κ2) is 8.04. The predicted molar refractivity (Wildman–Crippen MR) is 90.7 cm³/mol. The van der Waals surface area contributed by atoms with Gasteiger partial charge < -0.3 is 10.1 Å². The molecule has 114 valence electrons. The predicted octanol–water partition coefficient (Wildman–Crippen LogP) is 4.90. The van der Waals surface area contributed by atoms with E-state index < -0.39 is 0 Å². The van der Waals surface area contributed by atoms with E-state index in [1.54, 1.807) is 0 Å². The van der Waals surface area contributed by atoms with Crippen molar-refractivity contribution in [2.45, 2.75) is 58.9 Å². The summed E-state index contributed by atoms with van der Waals surface area (Å²) in [4.78, 5) is 0. The molecule has 0 aliphatic heterocycles. The van der Waals surface area contributed by atoms with Crippen LogP contribution in [-0.4, -0.2) is 19.2 Å². The molecule has 0 atom stereocenters. The van der Waals surface area contributed by atoms with Gasteiger partial charge in [-0.25, -0.2) is 0 Å². The number of nitrogens with one attached hydrogen (secondary N) is 1. The third kappa shape index (κ3) is 5.45. The van der Waals surface area contributed by atoms with E-state index in [1.165, 1.54) is 5.56 Å². The van der Waals surface area contributed by atoms with Crippen LogP contribution in [0.1, 0.15) is 53.0 Å². The van der Waals surface area contributed by atoms with Gasteiger partial charge in [0.1, 0.15) is 5.75 Å². The van der Waals surface area contributed by atoms with Crippen molar-refractivity contribution in [1.82, 2.24) is 5.32 Å². The fourth-order valence-corrected chi connectivity index (χ4v) is 2.56. The maximum atomic E-state index is 5.71. The number of benzene rings is 1. The largest absolute Gasteiger partial charge is 0.492 e. The number of halogens is 1. The Hall–Kier alpha value is -0.540. The SMILES string of the molecule is CCCOc1ccc(C(C)(C)CCNC(C)C)cc1Br. The van der Waals surface area contributed by atoms with E-state index in [1.807, 2.05) is 0 Å². The highest BCUT2D eigenvalue weighted by Gasteiger charge is 2.21. The Morgan fingerprint density at radius 1 is 1.30 bits per heavy atom. The minimum Gasteiger partial charge on any atom is -0.492 e.